The van der Waals surface area contributed by atoms with Crippen molar-refractivity contribution in [3.05, 3.63) is 96.1 Å². The third kappa shape index (κ3) is 7.04. The molecule has 3 aromatic carbocycles. The molecule has 33 heavy (non-hydrogen) atoms. The van der Waals surface area contributed by atoms with Crippen LogP contribution in [0.4, 0.5) is 0 Å². The summed E-state index contributed by atoms with van der Waals surface area (Å²) in [6, 6.07) is 25.5. The summed E-state index contributed by atoms with van der Waals surface area (Å²) in [6.45, 7) is 1.36. The molecule has 0 aliphatic carbocycles. The Morgan fingerprint density at radius 2 is 1.21 bits per heavy atom. The van der Waals surface area contributed by atoms with Crippen molar-refractivity contribution in [3.8, 4) is 11.1 Å². The normalized spacial score (nSPS) is 12.3. The van der Waals surface area contributed by atoms with Gasteiger partial charge in [-0.25, -0.2) is 4.79 Å². The lowest BCUT2D eigenvalue weighted by atomic mass is 10.00. The summed E-state index contributed by atoms with van der Waals surface area (Å²) in [5, 5.41) is 5.44. The molecule has 170 valence electrons. The van der Waals surface area contributed by atoms with Crippen molar-refractivity contribution in [3.63, 3.8) is 0 Å². The lowest BCUT2D eigenvalue weighted by Gasteiger charge is -2.22. The van der Waals surface area contributed by atoms with Crippen LogP contribution >= 0.6 is 0 Å². The number of hydrogen-bond donors (Lipinski definition) is 2. The molecule has 0 aromatic heterocycles. The molecule has 0 spiro atoms. The highest BCUT2D eigenvalue weighted by Gasteiger charge is 2.27. The van der Waals surface area contributed by atoms with Gasteiger partial charge in [-0.2, -0.15) is 0 Å². The lowest BCUT2D eigenvalue weighted by Crippen LogP contribution is -2.53. The number of amides is 2. The van der Waals surface area contributed by atoms with E-state index >= 15 is 0 Å². The molecule has 0 saturated carbocycles. The van der Waals surface area contributed by atoms with E-state index in [-0.39, 0.29) is 12.3 Å². The van der Waals surface area contributed by atoms with Gasteiger partial charge < -0.3 is 15.4 Å². The molecule has 3 rings (SSSR count). The Morgan fingerprint density at radius 3 is 1.79 bits per heavy atom. The van der Waals surface area contributed by atoms with Crippen LogP contribution in [0.15, 0.2) is 84.9 Å². The SMILES string of the molecule is COC(=O)[C@@H](Cc1ccc(-c2ccccc2)cc1)NC(=O)[C@@H](Cc1ccccc1)NC(C)=O. The Kier molecular flexibility index (Phi) is 8.36. The van der Waals surface area contributed by atoms with Crippen LogP contribution in [-0.4, -0.2) is 37.0 Å². The summed E-state index contributed by atoms with van der Waals surface area (Å²) in [6.07, 6.45) is 0.581. The van der Waals surface area contributed by atoms with Crippen LogP contribution in [0.2, 0.25) is 0 Å². The number of nitrogens with one attached hydrogen (secondary N) is 2. The van der Waals surface area contributed by atoms with Gasteiger partial charge in [-0.3, -0.25) is 9.59 Å². The number of hydrogen-bond acceptors (Lipinski definition) is 4. The van der Waals surface area contributed by atoms with E-state index in [0.717, 1.165) is 22.3 Å². The van der Waals surface area contributed by atoms with E-state index < -0.39 is 24.0 Å². The topological polar surface area (TPSA) is 84.5 Å². The number of carbonyl (C=O) groups excluding carboxylic acids is 3. The fraction of sp³-hybridized carbons (Fsp3) is 0.222. The van der Waals surface area contributed by atoms with Crippen LogP contribution < -0.4 is 10.6 Å². The maximum absolute atomic E-state index is 13.0. The van der Waals surface area contributed by atoms with Crippen LogP contribution in [0.25, 0.3) is 11.1 Å². The van der Waals surface area contributed by atoms with Gasteiger partial charge in [-0.15, -0.1) is 0 Å². The van der Waals surface area contributed by atoms with E-state index in [1.165, 1.54) is 14.0 Å². The fourth-order valence-corrected chi connectivity index (χ4v) is 3.61. The van der Waals surface area contributed by atoms with Gasteiger partial charge in [0.05, 0.1) is 7.11 Å². The minimum atomic E-state index is -0.878. The van der Waals surface area contributed by atoms with Gasteiger partial charge in [0.25, 0.3) is 0 Å². The van der Waals surface area contributed by atoms with Crippen LogP contribution in [0.5, 0.6) is 0 Å². The Bertz CT molecular complexity index is 1070. The summed E-state index contributed by atoms with van der Waals surface area (Å²) in [5.74, 6) is -1.31. The smallest absolute Gasteiger partial charge is 0.328 e. The molecular formula is C27H28N2O4. The minimum Gasteiger partial charge on any atom is -0.467 e. The molecule has 0 saturated heterocycles. The molecule has 2 N–H and O–H groups in total. The highest BCUT2D eigenvalue weighted by molar-refractivity contribution is 5.90. The fourth-order valence-electron chi connectivity index (χ4n) is 3.61. The van der Waals surface area contributed by atoms with Crippen molar-refractivity contribution in [1.82, 2.24) is 10.6 Å². The van der Waals surface area contributed by atoms with E-state index in [2.05, 4.69) is 10.6 Å². The van der Waals surface area contributed by atoms with Crippen LogP contribution in [0.3, 0.4) is 0 Å². The number of methoxy groups -OCH3 is 1. The van der Waals surface area contributed by atoms with Crippen LogP contribution in [0.1, 0.15) is 18.1 Å². The largest absolute Gasteiger partial charge is 0.467 e. The zero-order valence-corrected chi connectivity index (χ0v) is 18.8. The molecule has 3 aromatic rings. The van der Waals surface area contributed by atoms with Gasteiger partial charge in [0.15, 0.2) is 0 Å². The molecule has 2 atom stereocenters. The van der Waals surface area contributed by atoms with Gasteiger partial charge in [-0.05, 0) is 22.3 Å². The highest BCUT2D eigenvalue weighted by Crippen LogP contribution is 2.20. The number of carbonyl (C=O) groups is 3. The van der Waals surface area contributed by atoms with Crippen molar-refractivity contribution >= 4 is 17.8 Å². The molecule has 0 heterocycles. The standard InChI is InChI=1S/C27H28N2O4/c1-19(30)28-24(17-20-9-5-3-6-10-20)26(31)29-25(27(32)33-2)18-21-13-15-23(16-14-21)22-11-7-4-8-12-22/h3-16,24-25H,17-18H2,1-2H3,(H,28,30)(H,29,31)/t24-,25-/m1/s1. The predicted molar refractivity (Wildman–Crippen MR) is 127 cm³/mol. The first-order chi connectivity index (χ1) is 16.0. The molecule has 0 unspecified atom stereocenters. The Hall–Kier alpha value is -3.93. The third-order valence-corrected chi connectivity index (χ3v) is 5.28. The molecule has 6 nitrogen and oxygen atoms in total. The molecule has 0 aliphatic rings. The summed E-state index contributed by atoms with van der Waals surface area (Å²) in [7, 11) is 1.29. The van der Waals surface area contributed by atoms with E-state index in [4.69, 9.17) is 4.74 Å². The van der Waals surface area contributed by atoms with Crippen molar-refractivity contribution in [2.24, 2.45) is 0 Å². The number of esters is 1. The van der Waals surface area contributed by atoms with Gasteiger partial charge in [-0.1, -0.05) is 84.9 Å². The monoisotopic (exact) mass is 444 g/mol. The molecule has 0 radical (unpaired) electrons. The van der Waals surface area contributed by atoms with Gasteiger partial charge in [0, 0.05) is 19.8 Å². The van der Waals surface area contributed by atoms with E-state index in [9.17, 15) is 14.4 Å². The molecule has 0 bridgehead atoms. The number of rotatable bonds is 9. The van der Waals surface area contributed by atoms with Crippen molar-refractivity contribution < 1.29 is 19.1 Å². The Labute approximate surface area is 194 Å². The predicted octanol–water partition coefficient (Wildman–Crippen LogP) is 3.30. The zero-order chi connectivity index (χ0) is 23.6. The summed E-state index contributed by atoms with van der Waals surface area (Å²) in [4.78, 5) is 37.1. The number of benzene rings is 3. The third-order valence-electron chi connectivity index (χ3n) is 5.28. The summed E-state index contributed by atoms with van der Waals surface area (Å²) < 4.78 is 4.92. The van der Waals surface area contributed by atoms with E-state index in [1.54, 1.807) is 0 Å². The first-order valence-electron chi connectivity index (χ1n) is 10.8. The maximum atomic E-state index is 13.0. The Balaban J connectivity index is 1.72. The second-order valence-electron chi connectivity index (χ2n) is 7.79. The summed E-state index contributed by atoms with van der Waals surface area (Å²) >= 11 is 0. The van der Waals surface area contributed by atoms with Gasteiger partial charge >= 0.3 is 5.97 Å². The lowest BCUT2D eigenvalue weighted by molar-refractivity contribution is -0.145. The van der Waals surface area contributed by atoms with Crippen molar-refractivity contribution in [2.75, 3.05) is 7.11 Å². The van der Waals surface area contributed by atoms with Crippen molar-refractivity contribution in [1.29, 1.82) is 0 Å². The quantitative estimate of drug-likeness (QED) is 0.496. The van der Waals surface area contributed by atoms with E-state index in [1.807, 2.05) is 84.9 Å². The summed E-state index contributed by atoms with van der Waals surface area (Å²) in [5.41, 5.74) is 3.94. The second kappa shape index (κ2) is 11.6. The van der Waals surface area contributed by atoms with Crippen LogP contribution in [-0.2, 0) is 32.0 Å². The van der Waals surface area contributed by atoms with E-state index in [0.29, 0.717) is 6.42 Å². The molecular weight excluding hydrogens is 416 g/mol. The van der Waals surface area contributed by atoms with Crippen molar-refractivity contribution in [2.45, 2.75) is 31.8 Å². The minimum absolute atomic E-state index is 0.269. The average Bonchev–Trinajstić information content (AvgIpc) is 2.84. The first-order valence-corrected chi connectivity index (χ1v) is 10.8. The van der Waals surface area contributed by atoms with Gasteiger partial charge in [0.1, 0.15) is 12.1 Å². The van der Waals surface area contributed by atoms with Crippen LogP contribution in [0, 0.1) is 0 Å². The molecule has 2 amide bonds. The zero-order valence-electron chi connectivity index (χ0n) is 18.8. The first kappa shape index (κ1) is 23.7. The second-order valence-corrected chi connectivity index (χ2v) is 7.79. The van der Waals surface area contributed by atoms with Gasteiger partial charge in [0.2, 0.25) is 11.8 Å². The molecule has 6 heteroatoms. The molecule has 0 fully saturated rings. The average molecular weight is 445 g/mol. The number of ether oxygens (including phenoxy) is 1. The molecule has 0 aliphatic heterocycles. The highest BCUT2D eigenvalue weighted by atomic mass is 16.5. The maximum Gasteiger partial charge on any atom is 0.328 e. The Morgan fingerprint density at radius 1 is 0.697 bits per heavy atom.